The third kappa shape index (κ3) is 13.3. The minimum absolute atomic E-state index is 0.0322. The first-order valence-electron chi connectivity index (χ1n) is 17.2. The van der Waals surface area contributed by atoms with Crippen LogP contribution in [0.25, 0.3) is 0 Å². The lowest BCUT2D eigenvalue weighted by Crippen LogP contribution is -2.64. The molecule has 1 saturated heterocycles. The molecule has 1 aliphatic rings. The molecule has 1 fully saturated rings. The zero-order chi connectivity index (χ0) is 37.7. The fraction of sp³-hybridized carbons (Fsp3) is 0.487. The highest BCUT2D eigenvalue weighted by molar-refractivity contribution is 5.81. The molecular weight excluding hydrogens is 672 g/mol. The number of nitrogens with one attached hydrogen (secondary N) is 1. The molecule has 13 nitrogen and oxygen atoms in total. The molecule has 3 aromatic rings. The lowest BCUT2D eigenvalue weighted by Gasteiger charge is -2.42. The molecule has 1 heterocycles. The average Bonchev–Trinajstić information content (AvgIpc) is 3.08. The number of nitro groups is 1. The Morgan fingerprint density at radius 2 is 1.21 bits per heavy atom. The van der Waals surface area contributed by atoms with Crippen LogP contribution in [-0.4, -0.2) is 78.1 Å². The Hall–Kier alpha value is -4.40. The smallest absolute Gasteiger partial charge is 0.408 e. The molecule has 13 heteroatoms. The second-order valence-corrected chi connectivity index (χ2v) is 14.4. The lowest BCUT2D eigenvalue weighted by molar-refractivity contribution is -0.577. The van der Waals surface area contributed by atoms with Crippen molar-refractivity contribution in [3.8, 4) is 0 Å². The summed E-state index contributed by atoms with van der Waals surface area (Å²) in [7, 11) is 0. The average molecular weight is 723 g/mol. The number of hydrogen-bond donors (Lipinski definition) is 1. The number of hydrogen-bond acceptors (Lipinski definition) is 11. The second-order valence-electron chi connectivity index (χ2n) is 14.4. The van der Waals surface area contributed by atoms with Gasteiger partial charge in [0, 0.05) is 4.92 Å². The Bertz CT molecular complexity index is 1550. The van der Waals surface area contributed by atoms with Gasteiger partial charge in [-0.25, -0.2) is 9.59 Å². The Morgan fingerprint density at radius 1 is 0.731 bits per heavy atom. The highest BCUT2D eigenvalue weighted by atomic mass is 16.7. The maximum absolute atomic E-state index is 13.3. The molecule has 6 atom stereocenters. The summed E-state index contributed by atoms with van der Waals surface area (Å²) in [4.78, 5) is 38.4. The Balaban J connectivity index is 1.64. The fourth-order valence-electron chi connectivity index (χ4n) is 5.36. The molecule has 0 unspecified atom stereocenters. The van der Waals surface area contributed by atoms with Gasteiger partial charge in [0.05, 0.1) is 33.0 Å². The van der Waals surface area contributed by atoms with Gasteiger partial charge in [0.2, 0.25) is 6.29 Å². The van der Waals surface area contributed by atoms with E-state index >= 15 is 0 Å². The number of esters is 1. The van der Waals surface area contributed by atoms with Crippen LogP contribution in [-0.2, 0) is 57.8 Å². The third-order valence-electron chi connectivity index (χ3n) is 7.63. The number of nitrogens with zero attached hydrogens (tertiary/aromatic N) is 1. The van der Waals surface area contributed by atoms with Crippen molar-refractivity contribution < 1.29 is 47.7 Å². The Morgan fingerprint density at radius 3 is 1.69 bits per heavy atom. The maximum Gasteiger partial charge on any atom is 0.408 e. The summed E-state index contributed by atoms with van der Waals surface area (Å²) in [6, 6.07) is 25.2. The maximum atomic E-state index is 13.3. The SMILES string of the molecule is CC(C)(C)OC(=O)N[C@@H](CO[C@H]1O[C@H](COCc2ccccc2)[C@H](OCc2ccccc2)[C@H](OCc2ccccc2)[C@H]1[N+](=O)[O-])C(=O)OC(C)(C)C. The highest BCUT2D eigenvalue weighted by Gasteiger charge is 2.55. The van der Waals surface area contributed by atoms with Gasteiger partial charge < -0.3 is 38.5 Å². The first kappa shape index (κ1) is 40.4. The van der Waals surface area contributed by atoms with Gasteiger partial charge in [0.1, 0.15) is 23.4 Å². The minimum atomic E-state index is -1.62. The molecule has 1 aliphatic heterocycles. The molecule has 0 aliphatic carbocycles. The van der Waals surface area contributed by atoms with Crippen molar-refractivity contribution in [1.29, 1.82) is 0 Å². The van der Waals surface area contributed by atoms with Crippen LogP contribution in [0, 0.1) is 10.1 Å². The van der Waals surface area contributed by atoms with Crippen LogP contribution >= 0.6 is 0 Å². The quantitative estimate of drug-likeness (QED) is 0.105. The number of alkyl carbamates (subject to hydrolysis) is 1. The molecule has 282 valence electrons. The zero-order valence-electron chi connectivity index (χ0n) is 30.6. The third-order valence-corrected chi connectivity index (χ3v) is 7.63. The van der Waals surface area contributed by atoms with Gasteiger partial charge in [-0.15, -0.1) is 0 Å². The first-order valence-corrected chi connectivity index (χ1v) is 17.2. The normalized spacial score (nSPS) is 21.2. The van der Waals surface area contributed by atoms with E-state index in [2.05, 4.69) is 5.32 Å². The standard InChI is InChI=1S/C39H50N2O11/c1-38(2,3)51-35(42)30(40-37(43)52-39(4,5)6)25-49-36-32(41(44)45)34(48-24-29-20-14-9-15-21-29)33(47-23-28-18-12-8-13-19-28)31(50-36)26-46-22-27-16-10-7-11-17-27/h7-21,30-34,36H,22-26H2,1-6H3,(H,40,43)/t30-,31+,32+,33-,34+,36-/m0/s1. The molecule has 0 saturated carbocycles. The van der Waals surface area contributed by atoms with Crippen LogP contribution in [0.3, 0.4) is 0 Å². The van der Waals surface area contributed by atoms with Crippen molar-refractivity contribution in [2.24, 2.45) is 0 Å². The van der Waals surface area contributed by atoms with E-state index in [-0.39, 0.29) is 26.4 Å². The molecule has 1 amide bonds. The minimum Gasteiger partial charge on any atom is -0.458 e. The lowest BCUT2D eigenvalue weighted by atomic mass is 9.96. The molecule has 0 spiro atoms. The monoisotopic (exact) mass is 722 g/mol. The molecule has 3 aromatic carbocycles. The molecule has 52 heavy (non-hydrogen) atoms. The molecule has 4 rings (SSSR count). The van der Waals surface area contributed by atoms with E-state index in [0.29, 0.717) is 0 Å². The van der Waals surface area contributed by atoms with Gasteiger partial charge in [-0.1, -0.05) is 91.0 Å². The summed E-state index contributed by atoms with van der Waals surface area (Å²) in [6.07, 6.45) is -5.53. The van der Waals surface area contributed by atoms with E-state index in [1.54, 1.807) is 41.5 Å². The number of amides is 1. The van der Waals surface area contributed by atoms with Crippen molar-refractivity contribution in [3.63, 3.8) is 0 Å². The van der Waals surface area contributed by atoms with Crippen LogP contribution in [0.15, 0.2) is 91.0 Å². The molecular formula is C39H50N2O11. The van der Waals surface area contributed by atoms with Crippen LogP contribution < -0.4 is 5.32 Å². The molecule has 0 bridgehead atoms. The van der Waals surface area contributed by atoms with Crippen molar-refractivity contribution in [2.75, 3.05) is 13.2 Å². The van der Waals surface area contributed by atoms with E-state index in [4.69, 9.17) is 33.2 Å². The molecule has 1 N–H and O–H groups in total. The first-order chi connectivity index (χ1) is 24.7. The summed E-state index contributed by atoms with van der Waals surface area (Å²) in [5.41, 5.74) is 0.784. The van der Waals surface area contributed by atoms with Gasteiger partial charge in [-0.2, -0.15) is 0 Å². The second kappa shape index (κ2) is 18.9. The molecule has 0 aromatic heterocycles. The van der Waals surface area contributed by atoms with E-state index in [9.17, 15) is 19.7 Å². The van der Waals surface area contributed by atoms with Gasteiger partial charge in [0.25, 0.3) is 6.04 Å². The fourth-order valence-corrected chi connectivity index (χ4v) is 5.36. The van der Waals surface area contributed by atoms with Gasteiger partial charge in [-0.3, -0.25) is 10.1 Å². The summed E-state index contributed by atoms with van der Waals surface area (Å²) in [5.74, 6) is -0.824. The number of carbonyl (C=O) groups excluding carboxylic acids is 2. The Labute approximate surface area is 305 Å². The van der Waals surface area contributed by atoms with Crippen LogP contribution in [0.5, 0.6) is 0 Å². The van der Waals surface area contributed by atoms with Crippen LogP contribution in [0.2, 0.25) is 0 Å². The van der Waals surface area contributed by atoms with E-state index in [1.807, 2.05) is 91.0 Å². The van der Waals surface area contributed by atoms with Crippen molar-refractivity contribution in [3.05, 3.63) is 118 Å². The van der Waals surface area contributed by atoms with Gasteiger partial charge >= 0.3 is 12.1 Å². The van der Waals surface area contributed by atoms with Crippen molar-refractivity contribution >= 4 is 12.1 Å². The number of carbonyl (C=O) groups is 2. The van der Waals surface area contributed by atoms with Crippen LogP contribution in [0.1, 0.15) is 58.2 Å². The van der Waals surface area contributed by atoms with E-state index < -0.39 is 71.5 Å². The molecule has 0 radical (unpaired) electrons. The summed E-state index contributed by atoms with van der Waals surface area (Å²) in [6.45, 7) is 9.87. The van der Waals surface area contributed by atoms with E-state index in [1.165, 1.54) is 0 Å². The van der Waals surface area contributed by atoms with Gasteiger partial charge in [-0.05, 0) is 58.2 Å². The Kier molecular flexibility index (Phi) is 14.7. The predicted octanol–water partition coefficient (Wildman–Crippen LogP) is 6.00. The highest BCUT2D eigenvalue weighted by Crippen LogP contribution is 2.31. The van der Waals surface area contributed by atoms with Crippen molar-refractivity contribution in [2.45, 2.75) is 109 Å². The number of benzene rings is 3. The van der Waals surface area contributed by atoms with Gasteiger partial charge in [0.15, 0.2) is 12.1 Å². The predicted molar refractivity (Wildman–Crippen MR) is 191 cm³/mol. The van der Waals surface area contributed by atoms with Crippen molar-refractivity contribution in [1.82, 2.24) is 5.32 Å². The number of rotatable bonds is 16. The zero-order valence-corrected chi connectivity index (χ0v) is 30.6. The topological polar surface area (TPSA) is 154 Å². The number of ether oxygens (including phenoxy) is 7. The summed E-state index contributed by atoms with van der Waals surface area (Å²) in [5, 5.41) is 15.4. The van der Waals surface area contributed by atoms with E-state index in [0.717, 1.165) is 16.7 Å². The summed E-state index contributed by atoms with van der Waals surface area (Å²) < 4.78 is 42.1. The van der Waals surface area contributed by atoms with Crippen LogP contribution in [0.4, 0.5) is 4.79 Å². The largest absolute Gasteiger partial charge is 0.458 e. The summed E-state index contributed by atoms with van der Waals surface area (Å²) >= 11 is 0.